The molecule has 2 atom stereocenters. The predicted molar refractivity (Wildman–Crippen MR) is 79.2 cm³/mol. The van der Waals surface area contributed by atoms with Crippen LogP contribution >= 0.6 is 15.9 Å². The fourth-order valence-electron chi connectivity index (χ4n) is 2.56. The predicted octanol–water partition coefficient (Wildman–Crippen LogP) is 2.38. The zero-order valence-electron chi connectivity index (χ0n) is 11.0. The van der Waals surface area contributed by atoms with Gasteiger partial charge in [0.05, 0.1) is 9.37 Å². The molecule has 0 heterocycles. The summed E-state index contributed by atoms with van der Waals surface area (Å²) in [4.78, 5) is -0.0560. The van der Waals surface area contributed by atoms with E-state index in [4.69, 9.17) is 5.73 Å². The second kappa shape index (κ2) is 6.51. The number of hydrogen-bond donors (Lipinski definition) is 2. The van der Waals surface area contributed by atoms with Gasteiger partial charge in [0.25, 0.3) is 0 Å². The van der Waals surface area contributed by atoms with Gasteiger partial charge < -0.3 is 5.73 Å². The Morgan fingerprint density at radius 1 is 1.35 bits per heavy atom. The Hall–Kier alpha value is -0.500. The summed E-state index contributed by atoms with van der Waals surface area (Å²) in [5.74, 6) is -0.439. The summed E-state index contributed by atoms with van der Waals surface area (Å²) in [7, 11) is -3.71. The Labute approximate surface area is 127 Å². The van der Waals surface area contributed by atoms with Crippen molar-refractivity contribution in [3.8, 4) is 0 Å². The molecule has 0 saturated heterocycles. The average Bonchev–Trinajstić information content (AvgIpc) is 2.42. The maximum Gasteiger partial charge on any atom is 0.240 e. The topological polar surface area (TPSA) is 72.2 Å². The molecule has 2 unspecified atom stereocenters. The third-order valence-electron chi connectivity index (χ3n) is 3.72. The molecule has 0 radical (unpaired) electrons. The summed E-state index contributed by atoms with van der Waals surface area (Å²) in [6, 6.07) is 3.64. The van der Waals surface area contributed by atoms with Crippen molar-refractivity contribution in [2.24, 2.45) is 11.7 Å². The first-order valence-corrected chi connectivity index (χ1v) is 8.89. The second-order valence-corrected chi connectivity index (χ2v) is 7.65. The molecule has 1 fully saturated rings. The van der Waals surface area contributed by atoms with Crippen LogP contribution in [0.5, 0.6) is 0 Å². The van der Waals surface area contributed by atoms with E-state index in [9.17, 15) is 12.8 Å². The molecule has 0 bridgehead atoms. The van der Waals surface area contributed by atoms with Crippen molar-refractivity contribution >= 4 is 26.0 Å². The van der Waals surface area contributed by atoms with Gasteiger partial charge >= 0.3 is 0 Å². The highest BCUT2D eigenvalue weighted by molar-refractivity contribution is 9.10. The summed E-state index contributed by atoms with van der Waals surface area (Å²) in [6.07, 6.45) is 3.77. The number of nitrogens with two attached hydrogens (primary N) is 1. The SMILES string of the molecule is NCC1CCCCC1NS(=O)(=O)c1ccc(Br)c(F)c1. The van der Waals surface area contributed by atoms with E-state index >= 15 is 0 Å². The molecule has 1 aliphatic carbocycles. The van der Waals surface area contributed by atoms with Gasteiger partial charge in [-0.15, -0.1) is 0 Å². The number of nitrogens with one attached hydrogen (secondary N) is 1. The highest BCUT2D eigenvalue weighted by Gasteiger charge is 2.28. The number of hydrogen-bond acceptors (Lipinski definition) is 3. The van der Waals surface area contributed by atoms with E-state index in [1.807, 2.05) is 0 Å². The fourth-order valence-corrected chi connectivity index (χ4v) is 4.15. The quantitative estimate of drug-likeness (QED) is 0.861. The van der Waals surface area contributed by atoms with E-state index < -0.39 is 15.8 Å². The van der Waals surface area contributed by atoms with Crippen molar-refractivity contribution in [2.75, 3.05) is 6.54 Å². The first-order chi connectivity index (χ1) is 9.44. The molecule has 1 saturated carbocycles. The highest BCUT2D eigenvalue weighted by Crippen LogP contribution is 2.26. The van der Waals surface area contributed by atoms with Crippen molar-refractivity contribution in [3.63, 3.8) is 0 Å². The molecule has 1 aromatic rings. The van der Waals surface area contributed by atoms with Gasteiger partial charge in [-0.25, -0.2) is 17.5 Å². The minimum Gasteiger partial charge on any atom is -0.330 e. The Kier molecular flexibility index (Phi) is 5.17. The molecule has 3 N–H and O–H groups in total. The van der Waals surface area contributed by atoms with Crippen LogP contribution in [0.3, 0.4) is 0 Å². The number of halogens is 2. The Bertz CT molecular complexity index is 580. The van der Waals surface area contributed by atoms with E-state index in [1.165, 1.54) is 12.1 Å². The van der Waals surface area contributed by atoms with Crippen LogP contribution in [0.25, 0.3) is 0 Å². The lowest BCUT2D eigenvalue weighted by molar-refractivity contribution is 0.296. The van der Waals surface area contributed by atoms with Crippen molar-refractivity contribution in [1.29, 1.82) is 0 Å². The van der Waals surface area contributed by atoms with Gasteiger partial charge in [0.2, 0.25) is 10.0 Å². The Balaban J connectivity index is 2.19. The van der Waals surface area contributed by atoms with Crippen molar-refractivity contribution in [1.82, 2.24) is 4.72 Å². The van der Waals surface area contributed by atoms with E-state index in [1.54, 1.807) is 0 Å². The van der Waals surface area contributed by atoms with Gasteiger partial charge in [0.1, 0.15) is 5.82 Å². The smallest absolute Gasteiger partial charge is 0.240 e. The molecule has 0 amide bonds. The van der Waals surface area contributed by atoms with Crippen molar-refractivity contribution in [2.45, 2.75) is 36.6 Å². The average molecular weight is 365 g/mol. The highest BCUT2D eigenvalue weighted by atomic mass is 79.9. The summed E-state index contributed by atoms with van der Waals surface area (Å²) < 4.78 is 41.0. The maximum atomic E-state index is 13.5. The minimum atomic E-state index is -3.71. The molecule has 0 spiro atoms. The molecule has 0 aliphatic heterocycles. The molecule has 112 valence electrons. The summed E-state index contributed by atoms with van der Waals surface area (Å²) in [6.45, 7) is 0.460. The van der Waals surface area contributed by atoms with Crippen LogP contribution in [-0.4, -0.2) is 21.0 Å². The van der Waals surface area contributed by atoms with Gasteiger partial charge in [-0.2, -0.15) is 0 Å². The molecular weight excluding hydrogens is 347 g/mol. The van der Waals surface area contributed by atoms with Crippen LogP contribution in [-0.2, 0) is 10.0 Å². The maximum absolute atomic E-state index is 13.5. The van der Waals surface area contributed by atoms with E-state index in [0.717, 1.165) is 31.7 Å². The molecular formula is C13H18BrFN2O2S. The summed E-state index contributed by atoms with van der Waals surface area (Å²) in [5.41, 5.74) is 5.69. The van der Waals surface area contributed by atoms with E-state index in [-0.39, 0.29) is 21.3 Å². The molecule has 0 aromatic heterocycles. The molecule has 4 nitrogen and oxygen atoms in total. The fraction of sp³-hybridized carbons (Fsp3) is 0.538. The lowest BCUT2D eigenvalue weighted by atomic mass is 9.85. The van der Waals surface area contributed by atoms with Crippen LogP contribution in [0.4, 0.5) is 4.39 Å². The Morgan fingerprint density at radius 3 is 2.70 bits per heavy atom. The largest absolute Gasteiger partial charge is 0.330 e. The molecule has 1 aromatic carbocycles. The molecule has 2 rings (SSSR count). The third-order valence-corrected chi connectivity index (χ3v) is 5.85. The van der Waals surface area contributed by atoms with Crippen LogP contribution in [0.2, 0.25) is 0 Å². The molecule has 1 aliphatic rings. The lowest BCUT2D eigenvalue weighted by Gasteiger charge is -2.31. The van der Waals surface area contributed by atoms with Crippen molar-refractivity contribution < 1.29 is 12.8 Å². The van der Waals surface area contributed by atoms with Crippen LogP contribution in [0, 0.1) is 11.7 Å². The van der Waals surface area contributed by atoms with E-state index in [0.29, 0.717) is 6.54 Å². The Morgan fingerprint density at radius 2 is 2.05 bits per heavy atom. The number of benzene rings is 1. The summed E-state index contributed by atoms with van der Waals surface area (Å²) in [5, 5.41) is 0. The normalized spacial score (nSPS) is 23.8. The third kappa shape index (κ3) is 3.58. The van der Waals surface area contributed by atoms with Crippen LogP contribution < -0.4 is 10.5 Å². The van der Waals surface area contributed by atoms with Crippen LogP contribution in [0.1, 0.15) is 25.7 Å². The summed E-state index contributed by atoms with van der Waals surface area (Å²) >= 11 is 3.01. The standard InChI is InChI=1S/C13H18BrFN2O2S/c14-11-6-5-10(7-12(11)15)20(18,19)17-13-4-2-1-3-9(13)8-16/h5-7,9,13,17H,1-4,8,16H2. The number of sulfonamides is 1. The molecule has 7 heteroatoms. The first kappa shape index (κ1) is 15.9. The molecule has 20 heavy (non-hydrogen) atoms. The zero-order chi connectivity index (χ0) is 14.8. The van der Waals surface area contributed by atoms with Crippen LogP contribution in [0.15, 0.2) is 27.6 Å². The van der Waals surface area contributed by atoms with Gasteiger partial charge in [-0.1, -0.05) is 12.8 Å². The van der Waals surface area contributed by atoms with Gasteiger partial charge in [0.15, 0.2) is 0 Å². The minimum absolute atomic E-state index is 0.0560. The van der Waals surface area contributed by atoms with Gasteiger partial charge in [0, 0.05) is 6.04 Å². The second-order valence-electron chi connectivity index (χ2n) is 5.08. The van der Waals surface area contributed by atoms with Crippen molar-refractivity contribution in [3.05, 3.63) is 28.5 Å². The van der Waals surface area contributed by atoms with Gasteiger partial charge in [-0.3, -0.25) is 0 Å². The van der Waals surface area contributed by atoms with E-state index in [2.05, 4.69) is 20.7 Å². The van der Waals surface area contributed by atoms with Gasteiger partial charge in [-0.05, 0) is 59.4 Å². The zero-order valence-corrected chi connectivity index (χ0v) is 13.4. The first-order valence-electron chi connectivity index (χ1n) is 6.61. The monoisotopic (exact) mass is 364 g/mol. The lowest BCUT2D eigenvalue weighted by Crippen LogP contribution is -2.44. The number of rotatable bonds is 4.